The molecule has 2 aromatic rings. The van der Waals surface area contributed by atoms with Gasteiger partial charge in [0.05, 0.1) is 35.8 Å². The maximum atomic E-state index is 11.9. The van der Waals surface area contributed by atoms with Gasteiger partial charge in [0.2, 0.25) is 11.8 Å². The molecule has 2 aliphatic heterocycles. The highest BCUT2D eigenvalue weighted by atomic mass is 16.6. The van der Waals surface area contributed by atoms with Crippen molar-refractivity contribution in [1.82, 2.24) is 0 Å². The number of amides is 2. The summed E-state index contributed by atoms with van der Waals surface area (Å²) in [6, 6.07) is 11.4. The molecule has 0 saturated carbocycles. The molecule has 2 N–H and O–H groups in total. The molecule has 0 spiro atoms. The smallest absolute Gasteiger partial charge is 0.526 e. The van der Waals surface area contributed by atoms with E-state index in [0.717, 1.165) is 22.7 Å². The predicted octanol–water partition coefficient (Wildman–Crippen LogP) is 3.01. The van der Waals surface area contributed by atoms with Crippen molar-refractivity contribution in [1.29, 1.82) is 0 Å². The molecule has 2 aliphatic rings. The molecule has 0 aliphatic carbocycles. The van der Waals surface area contributed by atoms with E-state index in [0.29, 0.717) is 24.6 Å². The molecule has 0 aromatic heterocycles. The monoisotopic (exact) mass is 421 g/mol. The van der Waals surface area contributed by atoms with Gasteiger partial charge in [-0.05, 0) is 52.0 Å². The van der Waals surface area contributed by atoms with Crippen LogP contribution >= 0.6 is 0 Å². The maximum absolute atomic E-state index is 11.9. The lowest BCUT2D eigenvalue weighted by molar-refractivity contribution is -0.116. The number of anilines is 4. The first-order valence-corrected chi connectivity index (χ1v) is 10.4. The van der Waals surface area contributed by atoms with E-state index in [4.69, 9.17) is 9.31 Å². The van der Waals surface area contributed by atoms with Crippen molar-refractivity contribution in [3.05, 3.63) is 36.4 Å². The fourth-order valence-corrected chi connectivity index (χ4v) is 3.77. The van der Waals surface area contributed by atoms with Gasteiger partial charge >= 0.3 is 7.69 Å². The summed E-state index contributed by atoms with van der Waals surface area (Å²) in [5, 5.41) is 5.77. The zero-order valence-corrected chi connectivity index (χ0v) is 18.1. The number of benzene rings is 2. The third kappa shape index (κ3) is 4.40. The first-order valence-electron chi connectivity index (χ1n) is 10.4. The lowest BCUT2D eigenvalue weighted by Gasteiger charge is -2.34. The van der Waals surface area contributed by atoms with Gasteiger partial charge in [-0.1, -0.05) is 0 Å². The second kappa shape index (κ2) is 8.41. The Morgan fingerprint density at radius 3 is 1.58 bits per heavy atom. The third-order valence-corrected chi connectivity index (χ3v) is 5.35. The number of rotatable bonds is 6. The molecule has 0 saturated heterocycles. The summed E-state index contributed by atoms with van der Waals surface area (Å²) in [4.78, 5) is 27.9. The first kappa shape index (κ1) is 20.9. The predicted molar refractivity (Wildman–Crippen MR) is 122 cm³/mol. The van der Waals surface area contributed by atoms with Crippen LogP contribution in [-0.2, 0) is 9.59 Å². The number of hydrogen-bond acceptors (Lipinski definition) is 6. The van der Waals surface area contributed by atoms with Crippen LogP contribution in [0.15, 0.2) is 36.4 Å². The lowest BCUT2D eigenvalue weighted by atomic mass is 10.1. The molecule has 1 radical (unpaired) electrons. The summed E-state index contributed by atoms with van der Waals surface area (Å²) in [5.41, 5.74) is 3.36. The van der Waals surface area contributed by atoms with Gasteiger partial charge in [0.15, 0.2) is 0 Å². The quantitative estimate of drug-likeness (QED) is 0.698. The highest BCUT2D eigenvalue weighted by molar-refractivity contribution is 6.21. The highest BCUT2D eigenvalue weighted by Gasteiger charge is 2.26. The van der Waals surface area contributed by atoms with Crippen molar-refractivity contribution in [2.24, 2.45) is 0 Å². The molecule has 31 heavy (non-hydrogen) atoms. The minimum absolute atomic E-state index is 0.0243. The number of hydrogen-bond donors (Lipinski definition) is 2. The molecular weight excluding hydrogens is 395 g/mol. The van der Waals surface area contributed by atoms with E-state index in [1.54, 1.807) is 12.1 Å². The molecule has 2 heterocycles. The second-order valence-corrected chi connectivity index (χ2v) is 8.23. The summed E-state index contributed by atoms with van der Waals surface area (Å²) in [6.07, 6.45) is 0. The summed E-state index contributed by atoms with van der Waals surface area (Å²) >= 11 is 0. The normalized spacial score (nSPS) is 15.3. The molecule has 9 heteroatoms. The topological polar surface area (TPSA) is 83.1 Å². The SMILES string of the molecule is CC(C)N1CC(=O)Nc2ccc(O[B]Oc3ccc4c(c3)N(C(C)C)CC(=O)N4)cc21. The second-order valence-electron chi connectivity index (χ2n) is 8.23. The fourth-order valence-electron chi connectivity index (χ4n) is 3.77. The van der Waals surface area contributed by atoms with E-state index in [-0.39, 0.29) is 23.9 Å². The zero-order chi connectivity index (χ0) is 22.1. The number of carbonyl (C=O) groups is 2. The molecule has 2 amide bonds. The Morgan fingerprint density at radius 1 is 0.774 bits per heavy atom. The van der Waals surface area contributed by atoms with Crippen molar-refractivity contribution in [3.8, 4) is 11.5 Å². The van der Waals surface area contributed by atoms with Crippen molar-refractivity contribution in [2.75, 3.05) is 33.5 Å². The first-order chi connectivity index (χ1) is 14.8. The van der Waals surface area contributed by atoms with Crippen molar-refractivity contribution in [3.63, 3.8) is 0 Å². The molecular formula is C22H26BN4O4. The van der Waals surface area contributed by atoms with Gasteiger partial charge < -0.3 is 29.7 Å². The minimum Gasteiger partial charge on any atom is -0.526 e. The van der Waals surface area contributed by atoms with E-state index in [1.165, 1.54) is 7.69 Å². The van der Waals surface area contributed by atoms with Gasteiger partial charge in [0, 0.05) is 24.2 Å². The Hall–Kier alpha value is -3.36. The number of carbonyl (C=O) groups excluding carboxylic acids is 2. The summed E-state index contributed by atoms with van der Waals surface area (Å²) < 4.78 is 11.4. The van der Waals surface area contributed by atoms with Crippen molar-refractivity contribution in [2.45, 2.75) is 39.8 Å². The summed E-state index contributed by atoms with van der Waals surface area (Å²) in [6.45, 7) is 8.81. The van der Waals surface area contributed by atoms with Crippen LogP contribution in [0.25, 0.3) is 0 Å². The van der Waals surface area contributed by atoms with Gasteiger partial charge in [-0.25, -0.2) is 0 Å². The average molecular weight is 421 g/mol. The van der Waals surface area contributed by atoms with Crippen LogP contribution in [-0.4, -0.2) is 44.7 Å². The van der Waals surface area contributed by atoms with Gasteiger partial charge in [0.25, 0.3) is 0 Å². The molecule has 8 nitrogen and oxygen atoms in total. The Morgan fingerprint density at radius 2 is 1.19 bits per heavy atom. The van der Waals surface area contributed by atoms with Crippen LogP contribution in [0.4, 0.5) is 22.7 Å². The standard InChI is InChI=1S/C22H26BN4O4/c1-13(2)26-11-21(28)24-17-7-5-15(9-19(17)26)30-23-31-16-6-8-18-20(10-16)27(14(3)4)12-22(29)25-18/h5-10,13-14H,11-12H2,1-4H3,(H,24,28)(H,25,29). The largest absolute Gasteiger partial charge is 0.658 e. The van der Waals surface area contributed by atoms with E-state index in [9.17, 15) is 9.59 Å². The van der Waals surface area contributed by atoms with Crippen LogP contribution < -0.4 is 29.7 Å². The van der Waals surface area contributed by atoms with E-state index < -0.39 is 0 Å². The van der Waals surface area contributed by atoms with E-state index >= 15 is 0 Å². The number of fused-ring (bicyclic) bond motifs is 2. The Balaban J connectivity index is 1.45. The number of nitrogens with zero attached hydrogens (tertiary/aromatic N) is 2. The lowest BCUT2D eigenvalue weighted by Crippen LogP contribution is -2.42. The summed E-state index contributed by atoms with van der Waals surface area (Å²) in [5.74, 6) is 1.16. The van der Waals surface area contributed by atoms with Crippen molar-refractivity contribution < 1.29 is 18.9 Å². The van der Waals surface area contributed by atoms with E-state index in [1.807, 2.05) is 61.8 Å². The van der Waals surface area contributed by atoms with Crippen LogP contribution in [0.5, 0.6) is 11.5 Å². The highest BCUT2D eigenvalue weighted by Crippen LogP contribution is 2.35. The summed E-state index contributed by atoms with van der Waals surface area (Å²) in [7, 11) is 1.28. The van der Waals surface area contributed by atoms with Gasteiger partial charge in [0.1, 0.15) is 11.5 Å². The molecule has 161 valence electrons. The Bertz CT molecular complexity index is 932. The van der Waals surface area contributed by atoms with Gasteiger partial charge in [-0.3, -0.25) is 9.59 Å². The van der Waals surface area contributed by atoms with Gasteiger partial charge in [-0.2, -0.15) is 0 Å². The van der Waals surface area contributed by atoms with E-state index in [2.05, 4.69) is 10.6 Å². The van der Waals surface area contributed by atoms with Crippen LogP contribution in [0, 0.1) is 0 Å². The Kier molecular flexibility index (Phi) is 5.67. The van der Waals surface area contributed by atoms with Gasteiger partial charge in [-0.15, -0.1) is 0 Å². The third-order valence-electron chi connectivity index (χ3n) is 5.35. The minimum atomic E-state index is -0.0243. The molecule has 0 fully saturated rings. The Labute approximate surface area is 182 Å². The zero-order valence-electron chi connectivity index (χ0n) is 18.1. The molecule has 0 bridgehead atoms. The average Bonchev–Trinajstić information content (AvgIpc) is 2.72. The molecule has 4 rings (SSSR count). The van der Waals surface area contributed by atoms with Crippen LogP contribution in [0.3, 0.4) is 0 Å². The number of nitrogens with one attached hydrogen (secondary N) is 2. The fraction of sp³-hybridized carbons (Fsp3) is 0.364. The van der Waals surface area contributed by atoms with Crippen LogP contribution in [0.1, 0.15) is 27.7 Å². The molecule has 0 atom stereocenters. The van der Waals surface area contributed by atoms with Crippen molar-refractivity contribution >= 4 is 42.2 Å². The molecule has 2 aromatic carbocycles. The molecule has 0 unspecified atom stereocenters. The maximum Gasteiger partial charge on any atom is 0.658 e. The van der Waals surface area contributed by atoms with Crippen LogP contribution in [0.2, 0.25) is 0 Å².